The van der Waals surface area contributed by atoms with Crippen molar-refractivity contribution in [2.24, 2.45) is 0 Å². The number of carbonyl (C=O) groups excluding carboxylic acids is 2. The summed E-state index contributed by atoms with van der Waals surface area (Å²) in [5, 5.41) is 3.74. The standard InChI is InChI=1S/C29H33Cl2N3O4S/c1-4-15-32-29(36)27(17-22-9-6-5-7-10-22)33(19-23-11-8-12-24(30)16-23)28(35)20-34(39(3,37)38)26-18-25(31)14-13-21(26)2/h5-14,16,18,27H,4,15,17,19-20H2,1-3H3,(H,32,36)/t27-/m0/s1. The number of anilines is 1. The van der Waals surface area contributed by atoms with Crippen molar-refractivity contribution in [3.8, 4) is 0 Å². The molecule has 1 N–H and O–H groups in total. The van der Waals surface area contributed by atoms with E-state index in [2.05, 4.69) is 5.32 Å². The molecule has 3 aromatic rings. The van der Waals surface area contributed by atoms with E-state index in [1.807, 2.05) is 43.3 Å². The highest BCUT2D eigenvalue weighted by Gasteiger charge is 2.33. The van der Waals surface area contributed by atoms with Gasteiger partial charge in [0, 0.05) is 29.6 Å². The second-order valence-electron chi connectivity index (χ2n) is 9.35. The summed E-state index contributed by atoms with van der Waals surface area (Å²) in [5.41, 5.74) is 2.52. The number of sulfonamides is 1. The van der Waals surface area contributed by atoms with E-state index in [0.717, 1.165) is 22.5 Å². The van der Waals surface area contributed by atoms with Crippen LogP contribution in [-0.2, 0) is 32.6 Å². The van der Waals surface area contributed by atoms with Crippen LogP contribution in [0.5, 0.6) is 0 Å². The molecular formula is C29H33Cl2N3O4S. The average Bonchev–Trinajstić information content (AvgIpc) is 2.89. The molecule has 0 saturated carbocycles. The molecular weight excluding hydrogens is 557 g/mol. The van der Waals surface area contributed by atoms with Gasteiger partial charge in [-0.3, -0.25) is 13.9 Å². The molecule has 0 aromatic heterocycles. The molecule has 0 bridgehead atoms. The maximum Gasteiger partial charge on any atom is 0.244 e. The van der Waals surface area contributed by atoms with Crippen molar-refractivity contribution in [3.63, 3.8) is 0 Å². The quantitative estimate of drug-likeness (QED) is 0.313. The highest BCUT2D eigenvalue weighted by atomic mass is 35.5. The minimum absolute atomic E-state index is 0.0581. The second-order valence-corrected chi connectivity index (χ2v) is 12.1. The summed E-state index contributed by atoms with van der Waals surface area (Å²) in [5.74, 6) is -0.853. The molecule has 0 radical (unpaired) electrons. The molecule has 2 amide bonds. The van der Waals surface area contributed by atoms with Crippen molar-refractivity contribution in [2.75, 3.05) is 23.7 Å². The number of rotatable bonds is 12. The van der Waals surface area contributed by atoms with Gasteiger partial charge in [-0.2, -0.15) is 0 Å². The normalized spacial score (nSPS) is 12.0. The highest BCUT2D eigenvalue weighted by Crippen LogP contribution is 2.27. The molecule has 3 rings (SSSR count). The van der Waals surface area contributed by atoms with Crippen LogP contribution in [0.2, 0.25) is 10.0 Å². The number of nitrogens with one attached hydrogen (secondary N) is 1. The van der Waals surface area contributed by atoms with Crippen LogP contribution in [0.3, 0.4) is 0 Å². The average molecular weight is 591 g/mol. The Balaban J connectivity index is 2.07. The van der Waals surface area contributed by atoms with Crippen molar-refractivity contribution in [3.05, 3.63) is 99.5 Å². The van der Waals surface area contributed by atoms with Gasteiger partial charge in [0.1, 0.15) is 12.6 Å². The lowest BCUT2D eigenvalue weighted by atomic mass is 10.0. The smallest absolute Gasteiger partial charge is 0.244 e. The van der Waals surface area contributed by atoms with Crippen LogP contribution in [0.15, 0.2) is 72.8 Å². The lowest BCUT2D eigenvalue weighted by Gasteiger charge is -2.34. The van der Waals surface area contributed by atoms with Crippen LogP contribution >= 0.6 is 23.2 Å². The first-order valence-corrected chi connectivity index (χ1v) is 15.2. The Morgan fingerprint density at radius 2 is 1.59 bits per heavy atom. The summed E-state index contributed by atoms with van der Waals surface area (Å²) in [7, 11) is -3.88. The van der Waals surface area contributed by atoms with Gasteiger partial charge in [-0.05, 0) is 54.3 Å². The fraction of sp³-hybridized carbons (Fsp3) is 0.310. The van der Waals surface area contributed by atoms with E-state index >= 15 is 0 Å². The summed E-state index contributed by atoms with van der Waals surface area (Å²) >= 11 is 12.4. The van der Waals surface area contributed by atoms with Crippen LogP contribution in [-0.4, -0.2) is 50.5 Å². The summed E-state index contributed by atoms with van der Waals surface area (Å²) in [6.07, 6.45) is 2.01. The molecule has 3 aromatic carbocycles. The van der Waals surface area contributed by atoms with E-state index in [9.17, 15) is 18.0 Å². The number of benzene rings is 3. The van der Waals surface area contributed by atoms with Gasteiger partial charge in [0.25, 0.3) is 0 Å². The Labute approximate surface area is 240 Å². The van der Waals surface area contributed by atoms with Gasteiger partial charge in [0.05, 0.1) is 11.9 Å². The minimum Gasteiger partial charge on any atom is -0.354 e. The zero-order chi connectivity index (χ0) is 28.6. The van der Waals surface area contributed by atoms with E-state index in [0.29, 0.717) is 33.4 Å². The van der Waals surface area contributed by atoms with E-state index in [-0.39, 0.29) is 18.9 Å². The summed E-state index contributed by atoms with van der Waals surface area (Å²) < 4.78 is 26.8. The molecule has 0 aliphatic carbocycles. The Hall–Kier alpha value is -3.07. The fourth-order valence-electron chi connectivity index (χ4n) is 4.20. The fourth-order valence-corrected chi connectivity index (χ4v) is 5.48. The van der Waals surface area contributed by atoms with Gasteiger partial charge < -0.3 is 10.2 Å². The van der Waals surface area contributed by atoms with Gasteiger partial charge in [-0.25, -0.2) is 8.42 Å². The third-order valence-electron chi connectivity index (χ3n) is 6.18. The van der Waals surface area contributed by atoms with E-state index < -0.39 is 28.5 Å². The lowest BCUT2D eigenvalue weighted by molar-refractivity contribution is -0.140. The Bertz CT molecular complexity index is 1400. The van der Waals surface area contributed by atoms with Gasteiger partial charge in [-0.15, -0.1) is 0 Å². The maximum absolute atomic E-state index is 14.0. The van der Waals surface area contributed by atoms with Crippen LogP contribution in [0.1, 0.15) is 30.0 Å². The summed E-state index contributed by atoms with van der Waals surface area (Å²) in [4.78, 5) is 29.0. The minimum atomic E-state index is -3.88. The first-order chi connectivity index (χ1) is 18.5. The number of hydrogen-bond acceptors (Lipinski definition) is 4. The van der Waals surface area contributed by atoms with E-state index in [1.165, 1.54) is 11.0 Å². The monoisotopic (exact) mass is 589 g/mol. The number of hydrogen-bond donors (Lipinski definition) is 1. The molecule has 208 valence electrons. The highest BCUT2D eigenvalue weighted by molar-refractivity contribution is 7.92. The molecule has 0 unspecified atom stereocenters. The molecule has 0 fully saturated rings. The molecule has 0 spiro atoms. The Morgan fingerprint density at radius 3 is 2.23 bits per heavy atom. The first kappa shape index (κ1) is 30.5. The van der Waals surface area contributed by atoms with Crippen molar-refractivity contribution < 1.29 is 18.0 Å². The van der Waals surface area contributed by atoms with Crippen LogP contribution in [0.4, 0.5) is 5.69 Å². The molecule has 1 atom stereocenters. The van der Waals surface area contributed by atoms with E-state index in [4.69, 9.17) is 23.2 Å². The lowest BCUT2D eigenvalue weighted by Crippen LogP contribution is -2.53. The second kappa shape index (κ2) is 13.8. The van der Waals surface area contributed by atoms with Crippen LogP contribution in [0.25, 0.3) is 0 Å². The Kier molecular flexibility index (Phi) is 10.8. The van der Waals surface area contributed by atoms with Crippen LogP contribution < -0.4 is 9.62 Å². The van der Waals surface area contributed by atoms with Gasteiger partial charge in [0.2, 0.25) is 21.8 Å². The zero-order valence-electron chi connectivity index (χ0n) is 22.2. The molecule has 39 heavy (non-hydrogen) atoms. The molecule has 7 nitrogen and oxygen atoms in total. The number of halogens is 2. The molecule has 0 aliphatic rings. The molecule has 0 saturated heterocycles. The number of aryl methyl sites for hydroxylation is 1. The van der Waals surface area contributed by atoms with Gasteiger partial charge in [0.15, 0.2) is 0 Å². The zero-order valence-corrected chi connectivity index (χ0v) is 24.6. The predicted molar refractivity (Wildman–Crippen MR) is 158 cm³/mol. The predicted octanol–water partition coefficient (Wildman–Crippen LogP) is 5.23. The Morgan fingerprint density at radius 1 is 0.923 bits per heavy atom. The number of amides is 2. The summed E-state index contributed by atoms with van der Waals surface area (Å²) in [6.45, 7) is 3.68. The first-order valence-electron chi connectivity index (χ1n) is 12.6. The van der Waals surface area contributed by atoms with Gasteiger partial charge in [-0.1, -0.05) is 78.7 Å². The molecule has 0 aliphatic heterocycles. The topological polar surface area (TPSA) is 86.8 Å². The largest absolute Gasteiger partial charge is 0.354 e. The van der Waals surface area contributed by atoms with Crippen LogP contribution in [0, 0.1) is 6.92 Å². The van der Waals surface area contributed by atoms with Crippen molar-refractivity contribution >= 4 is 50.7 Å². The summed E-state index contributed by atoms with van der Waals surface area (Å²) in [6, 6.07) is 20.4. The SMILES string of the molecule is CCCNC(=O)[C@H](Cc1ccccc1)N(Cc1cccc(Cl)c1)C(=O)CN(c1cc(Cl)ccc1C)S(C)(=O)=O. The number of carbonyl (C=O) groups is 2. The molecule has 0 heterocycles. The third-order valence-corrected chi connectivity index (χ3v) is 7.78. The van der Waals surface area contributed by atoms with E-state index in [1.54, 1.807) is 37.3 Å². The number of nitrogens with zero attached hydrogens (tertiary/aromatic N) is 2. The molecule has 10 heteroatoms. The van der Waals surface area contributed by atoms with Crippen molar-refractivity contribution in [2.45, 2.75) is 39.3 Å². The third kappa shape index (κ3) is 8.71. The maximum atomic E-state index is 14.0. The van der Waals surface area contributed by atoms with Gasteiger partial charge >= 0.3 is 0 Å². The van der Waals surface area contributed by atoms with Crippen molar-refractivity contribution in [1.29, 1.82) is 0 Å². The van der Waals surface area contributed by atoms with Crippen molar-refractivity contribution in [1.82, 2.24) is 10.2 Å².